The van der Waals surface area contributed by atoms with E-state index in [1.807, 2.05) is 30.3 Å². The van der Waals surface area contributed by atoms with Gasteiger partial charge in [-0.25, -0.2) is 0 Å². The van der Waals surface area contributed by atoms with Crippen LogP contribution in [0.2, 0.25) is 0 Å². The highest BCUT2D eigenvalue weighted by Crippen LogP contribution is 2.50. The average molecular weight is 475 g/mol. The summed E-state index contributed by atoms with van der Waals surface area (Å²) >= 11 is 5.44. The van der Waals surface area contributed by atoms with Crippen LogP contribution in [-0.4, -0.2) is 30.1 Å². The van der Waals surface area contributed by atoms with Gasteiger partial charge in [-0.2, -0.15) is 0 Å². The van der Waals surface area contributed by atoms with Crippen LogP contribution in [0.1, 0.15) is 36.1 Å². The first kappa shape index (κ1) is 19.6. The third-order valence-electron chi connectivity index (χ3n) is 7.21. The molecule has 1 amide bonds. The quantitative estimate of drug-likeness (QED) is 0.672. The maximum absolute atomic E-state index is 13.4. The number of hydrogen-bond donors (Lipinski definition) is 2. The molecule has 4 nitrogen and oxygen atoms in total. The lowest BCUT2D eigenvalue weighted by atomic mass is 9.79. The van der Waals surface area contributed by atoms with Crippen molar-refractivity contribution in [2.45, 2.75) is 44.2 Å². The van der Waals surface area contributed by atoms with E-state index in [0.29, 0.717) is 11.8 Å². The number of rotatable bonds is 5. The molecule has 2 saturated carbocycles. The van der Waals surface area contributed by atoms with Gasteiger partial charge in [-0.15, -0.1) is 11.3 Å². The Kier molecular flexibility index (Phi) is 5.00. The number of fused-ring (bicyclic) bond motifs is 1. The molecular weight excluding hydrogens is 448 g/mol. The van der Waals surface area contributed by atoms with Crippen LogP contribution in [0.3, 0.4) is 0 Å². The van der Waals surface area contributed by atoms with E-state index in [9.17, 15) is 9.90 Å². The molecular formula is C23H27BrN2O2S. The van der Waals surface area contributed by atoms with Gasteiger partial charge >= 0.3 is 0 Å². The Labute approximate surface area is 184 Å². The number of nitrogens with zero attached hydrogens (tertiary/aromatic N) is 1. The summed E-state index contributed by atoms with van der Waals surface area (Å²) in [5, 5.41) is 17.0. The highest BCUT2D eigenvalue weighted by Gasteiger charge is 2.58. The summed E-state index contributed by atoms with van der Waals surface area (Å²) in [6.07, 6.45) is 4.00. The van der Waals surface area contributed by atoms with Crippen molar-refractivity contribution in [1.29, 1.82) is 0 Å². The second-order valence-corrected chi connectivity index (χ2v) is 10.8. The van der Waals surface area contributed by atoms with Crippen molar-refractivity contribution in [3.8, 4) is 0 Å². The molecule has 1 saturated heterocycles. The summed E-state index contributed by atoms with van der Waals surface area (Å²) in [5.74, 6) is 0.765. The number of aliphatic hydroxyl groups is 1. The zero-order valence-electron chi connectivity index (χ0n) is 16.6. The van der Waals surface area contributed by atoms with Gasteiger partial charge in [0.25, 0.3) is 5.91 Å². The van der Waals surface area contributed by atoms with Gasteiger partial charge < -0.3 is 15.3 Å². The van der Waals surface area contributed by atoms with Gasteiger partial charge in [0.2, 0.25) is 0 Å². The zero-order chi connectivity index (χ0) is 20.2. The Bertz CT molecular complexity index is 879. The van der Waals surface area contributed by atoms with Crippen LogP contribution in [0.25, 0.3) is 0 Å². The maximum Gasteiger partial charge on any atom is 0.257 e. The van der Waals surface area contributed by atoms with Crippen LogP contribution in [-0.2, 0) is 10.4 Å². The predicted octanol–water partition coefficient (Wildman–Crippen LogP) is 4.45. The first-order chi connectivity index (χ1) is 14.0. The monoisotopic (exact) mass is 474 g/mol. The van der Waals surface area contributed by atoms with Crippen molar-refractivity contribution >= 4 is 38.9 Å². The molecule has 2 N–H and O–H groups in total. The Morgan fingerprint density at radius 2 is 1.86 bits per heavy atom. The molecule has 3 fully saturated rings. The number of nitrogens with one attached hydrogen (secondary N) is 1. The number of amides is 1. The van der Waals surface area contributed by atoms with E-state index in [0.717, 1.165) is 44.3 Å². The summed E-state index contributed by atoms with van der Waals surface area (Å²) in [7, 11) is 0. The third-order valence-corrected chi connectivity index (χ3v) is 9.02. The first-order valence-corrected chi connectivity index (χ1v) is 12.2. The van der Waals surface area contributed by atoms with E-state index in [-0.39, 0.29) is 17.9 Å². The van der Waals surface area contributed by atoms with Crippen molar-refractivity contribution in [2.75, 3.05) is 18.0 Å². The van der Waals surface area contributed by atoms with Crippen LogP contribution >= 0.6 is 27.3 Å². The largest absolute Gasteiger partial charge is 0.375 e. The molecule has 2 aliphatic carbocycles. The van der Waals surface area contributed by atoms with Gasteiger partial charge in [-0.05, 0) is 41.3 Å². The van der Waals surface area contributed by atoms with Crippen molar-refractivity contribution in [3.05, 3.63) is 50.6 Å². The van der Waals surface area contributed by atoms with Crippen molar-refractivity contribution < 1.29 is 9.90 Å². The van der Waals surface area contributed by atoms with Crippen LogP contribution < -0.4 is 10.2 Å². The number of halogens is 1. The molecule has 29 heavy (non-hydrogen) atoms. The molecule has 0 bridgehead atoms. The van der Waals surface area contributed by atoms with Crippen LogP contribution in [0, 0.1) is 24.7 Å². The average Bonchev–Trinajstić information content (AvgIpc) is 3.23. The molecule has 2 heterocycles. The van der Waals surface area contributed by atoms with Crippen molar-refractivity contribution in [1.82, 2.24) is 5.32 Å². The summed E-state index contributed by atoms with van der Waals surface area (Å²) in [6, 6.07) is 9.73. The molecule has 1 aromatic heterocycles. The minimum atomic E-state index is -1.42. The third kappa shape index (κ3) is 3.24. The molecule has 3 unspecified atom stereocenters. The Morgan fingerprint density at radius 3 is 2.45 bits per heavy atom. The first-order valence-electron chi connectivity index (χ1n) is 10.6. The van der Waals surface area contributed by atoms with Crippen LogP contribution in [0.4, 0.5) is 5.69 Å². The van der Waals surface area contributed by atoms with Gasteiger partial charge in [0.15, 0.2) is 5.60 Å². The summed E-state index contributed by atoms with van der Waals surface area (Å²) in [6.45, 7) is 4.10. The smallest absolute Gasteiger partial charge is 0.257 e. The zero-order valence-corrected chi connectivity index (χ0v) is 19.0. The Morgan fingerprint density at radius 1 is 1.21 bits per heavy atom. The minimum Gasteiger partial charge on any atom is -0.375 e. The molecule has 0 radical (unpaired) electrons. The molecule has 4 atom stereocenters. The van der Waals surface area contributed by atoms with E-state index in [4.69, 9.17) is 0 Å². The molecule has 0 spiro atoms. The normalized spacial score (nSPS) is 28.2. The summed E-state index contributed by atoms with van der Waals surface area (Å²) in [5.41, 5.74) is 0.620. The lowest BCUT2D eigenvalue weighted by Crippen LogP contribution is -2.51. The number of carbonyl (C=O) groups is 1. The van der Waals surface area contributed by atoms with Crippen molar-refractivity contribution in [3.63, 3.8) is 0 Å². The number of anilines is 1. The fourth-order valence-corrected chi connectivity index (χ4v) is 7.27. The SMILES string of the molecule is Cc1scc(Br)c1N1CC2C(NC(=O)C(O)(c3ccccc3)C3CCCC3)[C@H]2C1. The maximum atomic E-state index is 13.4. The number of thiophene rings is 1. The second-order valence-electron chi connectivity index (χ2n) is 8.83. The fraction of sp³-hybridized carbons (Fsp3) is 0.522. The van der Waals surface area contributed by atoms with Crippen LogP contribution in [0.5, 0.6) is 0 Å². The predicted molar refractivity (Wildman–Crippen MR) is 120 cm³/mol. The van der Waals surface area contributed by atoms with E-state index >= 15 is 0 Å². The summed E-state index contributed by atoms with van der Waals surface area (Å²) in [4.78, 5) is 17.1. The van der Waals surface area contributed by atoms with E-state index in [2.05, 4.69) is 38.5 Å². The van der Waals surface area contributed by atoms with E-state index in [1.54, 1.807) is 11.3 Å². The summed E-state index contributed by atoms with van der Waals surface area (Å²) < 4.78 is 1.17. The standard InChI is InChI=1S/C23H27BrN2O2S/c1-14-21(19(24)13-29-14)26-11-17-18(12-26)20(17)25-22(27)23(28,16-9-5-6-10-16)15-7-3-2-4-8-15/h2-4,7-8,13,16-18,20,28H,5-6,9-12H2,1H3,(H,25,27)/t17-,18?,20?,23?/m0/s1. The van der Waals surface area contributed by atoms with Crippen molar-refractivity contribution in [2.24, 2.45) is 17.8 Å². The van der Waals surface area contributed by atoms with Gasteiger partial charge in [0, 0.05) is 47.1 Å². The molecule has 1 aromatic carbocycles. The number of hydrogen-bond acceptors (Lipinski definition) is 4. The van der Waals surface area contributed by atoms with Gasteiger partial charge in [0.1, 0.15) is 0 Å². The number of carbonyl (C=O) groups excluding carboxylic acids is 1. The highest BCUT2D eigenvalue weighted by molar-refractivity contribution is 9.10. The van der Waals surface area contributed by atoms with Gasteiger partial charge in [-0.3, -0.25) is 4.79 Å². The number of benzene rings is 1. The van der Waals surface area contributed by atoms with Gasteiger partial charge in [0.05, 0.1) is 10.2 Å². The minimum absolute atomic E-state index is 0.00407. The van der Waals surface area contributed by atoms with Gasteiger partial charge in [-0.1, -0.05) is 43.2 Å². The number of aryl methyl sites for hydroxylation is 1. The molecule has 154 valence electrons. The van der Waals surface area contributed by atoms with E-state index < -0.39 is 5.60 Å². The molecule has 6 heteroatoms. The topological polar surface area (TPSA) is 52.6 Å². The molecule has 1 aliphatic heterocycles. The Balaban J connectivity index is 1.29. The fourth-order valence-electron chi connectivity index (χ4n) is 5.57. The second kappa shape index (κ2) is 7.40. The Hall–Kier alpha value is -1.37. The lowest BCUT2D eigenvalue weighted by molar-refractivity contribution is -0.147. The molecule has 3 aliphatic rings. The lowest BCUT2D eigenvalue weighted by Gasteiger charge is -2.34. The van der Waals surface area contributed by atoms with Crippen LogP contribution in [0.15, 0.2) is 40.2 Å². The molecule has 5 rings (SSSR count). The highest BCUT2D eigenvalue weighted by atomic mass is 79.9. The number of piperidine rings is 1. The molecule has 2 aromatic rings. The van der Waals surface area contributed by atoms with E-state index in [1.165, 1.54) is 15.0 Å².